The van der Waals surface area contributed by atoms with E-state index >= 15 is 4.39 Å². The zero-order chi connectivity index (χ0) is 21.3. The Morgan fingerprint density at radius 1 is 0.968 bits per heavy atom. The van der Waals surface area contributed by atoms with Gasteiger partial charge in [0.05, 0.1) is 5.69 Å². The predicted octanol–water partition coefficient (Wildman–Crippen LogP) is 5.31. The van der Waals surface area contributed by atoms with Crippen LogP contribution in [-0.2, 0) is 11.3 Å². The van der Waals surface area contributed by atoms with Gasteiger partial charge in [-0.25, -0.2) is 23.6 Å². The SMILES string of the molecule is O=C[N+](c1ccc(Cn2ccc3ncnc-3c2)c(F)c1)(C1CCCCC1)C1CCCC1. The van der Waals surface area contributed by atoms with Crippen molar-refractivity contribution in [3.63, 3.8) is 0 Å². The average molecular weight is 422 g/mol. The lowest BCUT2D eigenvalue weighted by Crippen LogP contribution is -2.62. The standard InChI is InChI=1S/C25H30FN4O/c26-23-14-22(11-10-19(23)15-29-13-12-24-25(16-29)28-17-27-24)30(18-31,21-8-4-5-9-21)20-6-2-1-3-7-20/h10-14,16-18,20-21H,1-9,15H2/q+1. The first kappa shape index (κ1) is 20.3. The summed E-state index contributed by atoms with van der Waals surface area (Å²) < 4.78 is 17.6. The maximum Gasteiger partial charge on any atom is 0.307 e. The second-order valence-corrected chi connectivity index (χ2v) is 9.21. The molecule has 1 aromatic carbocycles. The van der Waals surface area contributed by atoms with E-state index in [0.717, 1.165) is 74.9 Å². The minimum atomic E-state index is -0.239. The van der Waals surface area contributed by atoms with E-state index in [1.165, 1.54) is 12.7 Å². The van der Waals surface area contributed by atoms with Gasteiger partial charge in [-0.15, -0.1) is 0 Å². The molecule has 1 amide bonds. The first-order valence-electron chi connectivity index (χ1n) is 11.6. The Kier molecular flexibility index (Phi) is 5.57. The number of hydrogen-bond donors (Lipinski definition) is 0. The Hall–Kier alpha value is -2.60. The molecule has 5 rings (SSSR count). The first-order valence-corrected chi connectivity index (χ1v) is 11.6. The van der Waals surface area contributed by atoms with E-state index in [1.54, 1.807) is 6.07 Å². The molecule has 0 saturated heterocycles. The third-order valence-electron chi connectivity index (χ3n) is 7.49. The molecule has 1 atom stereocenters. The molecule has 1 aromatic rings. The van der Waals surface area contributed by atoms with Gasteiger partial charge >= 0.3 is 6.41 Å². The molecule has 6 heteroatoms. The van der Waals surface area contributed by atoms with Gasteiger partial charge in [0.1, 0.15) is 35.6 Å². The van der Waals surface area contributed by atoms with Gasteiger partial charge in [-0.2, -0.15) is 0 Å². The maximum absolute atomic E-state index is 15.3. The molecular weight excluding hydrogens is 391 g/mol. The average Bonchev–Trinajstić information content (AvgIpc) is 3.49. The largest absolute Gasteiger partial charge is 0.347 e. The minimum Gasteiger partial charge on any atom is -0.347 e. The van der Waals surface area contributed by atoms with E-state index < -0.39 is 0 Å². The van der Waals surface area contributed by atoms with E-state index in [0.29, 0.717) is 16.6 Å². The van der Waals surface area contributed by atoms with Crippen molar-refractivity contribution in [3.05, 3.63) is 54.4 Å². The van der Waals surface area contributed by atoms with Crippen LogP contribution in [0.5, 0.6) is 0 Å². The van der Waals surface area contributed by atoms with Crippen molar-refractivity contribution < 1.29 is 9.18 Å². The van der Waals surface area contributed by atoms with Gasteiger partial charge in [-0.05, 0) is 37.8 Å². The van der Waals surface area contributed by atoms with Gasteiger partial charge in [0.25, 0.3) is 0 Å². The Morgan fingerprint density at radius 2 is 1.65 bits per heavy atom. The number of hydrogen-bond acceptors (Lipinski definition) is 3. The number of benzene rings is 1. The highest BCUT2D eigenvalue weighted by molar-refractivity contribution is 5.71. The lowest BCUT2D eigenvalue weighted by atomic mass is 9.89. The highest BCUT2D eigenvalue weighted by Crippen LogP contribution is 2.41. The number of halogens is 1. The summed E-state index contributed by atoms with van der Waals surface area (Å²) in [4.78, 5) is 21.1. The zero-order valence-corrected chi connectivity index (χ0v) is 17.9. The van der Waals surface area contributed by atoms with Crippen LogP contribution in [0.2, 0.25) is 0 Å². The monoisotopic (exact) mass is 421 g/mol. The van der Waals surface area contributed by atoms with Crippen LogP contribution in [0, 0.1) is 5.82 Å². The molecule has 2 aliphatic carbocycles. The van der Waals surface area contributed by atoms with Crippen molar-refractivity contribution in [3.8, 4) is 11.4 Å². The smallest absolute Gasteiger partial charge is 0.307 e. The summed E-state index contributed by atoms with van der Waals surface area (Å²) in [5.41, 5.74) is 3.09. The lowest BCUT2D eigenvalue weighted by molar-refractivity contribution is -0.122. The zero-order valence-electron chi connectivity index (χ0n) is 17.9. The normalized spacial score (nSPS) is 20.2. The molecule has 4 aliphatic rings. The molecule has 1 unspecified atom stereocenters. The fraction of sp³-hybridized carbons (Fsp3) is 0.480. The van der Waals surface area contributed by atoms with Crippen LogP contribution < -0.4 is 4.48 Å². The Balaban J connectivity index is 1.48. The highest BCUT2D eigenvalue weighted by atomic mass is 19.1. The van der Waals surface area contributed by atoms with E-state index in [1.807, 2.05) is 35.2 Å². The van der Waals surface area contributed by atoms with Gasteiger partial charge < -0.3 is 4.57 Å². The van der Waals surface area contributed by atoms with Crippen LogP contribution in [0.3, 0.4) is 0 Å². The summed E-state index contributed by atoms with van der Waals surface area (Å²) in [5, 5.41) is 0. The minimum absolute atomic E-state index is 0.239. The number of carbonyl (C=O) groups excluding carboxylic acids is 1. The molecule has 0 radical (unpaired) electrons. The van der Waals surface area contributed by atoms with Crippen LogP contribution >= 0.6 is 0 Å². The Bertz CT molecular complexity index is 1020. The van der Waals surface area contributed by atoms with Gasteiger partial charge in [0.15, 0.2) is 0 Å². The summed E-state index contributed by atoms with van der Waals surface area (Å²) >= 11 is 0. The van der Waals surface area contributed by atoms with Gasteiger partial charge in [0.2, 0.25) is 0 Å². The lowest BCUT2D eigenvalue weighted by Gasteiger charge is -2.45. The van der Waals surface area contributed by atoms with Crippen molar-refractivity contribution in [1.29, 1.82) is 0 Å². The third kappa shape index (κ3) is 3.67. The number of nitrogens with zero attached hydrogens (tertiary/aromatic N) is 4. The van der Waals surface area contributed by atoms with Crippen molar-refractivity contribution in [2.45, 2.75) is 76.4 Å². The van der Waals surface area contributed by atoms with Crippen molar-refractivity contribution in [2.75, 3.05) is 0 Å². The molecule has 0 bridgehead atoms. The van der Waals surface area contributed by atoms with E-state index in [4.69, 9.17) is 0 Å². The van der Waals surface area contributed by atoms with Gasteiger partial charge in [0, 0.05) is 62.3 Å². The summed E-state index contributed by atoms with van der Waals surface area (Å²) in [6.07, 6.45) is 16.6. The molecular formula is C25H30FN4O+. The van der Waals surface area contributed by atoms with Crippen LogP contribution in [-0.4, -0.2) is 33.0 Å². The maximum atomic E-state index is 15.3. The Labute approximate surface area is 182 Å². The number of rotatable bonds is 6. The number of fused-ring (bicyclic) bond motifs is 1. The molecule has 2 saturated carbocycles. The Morgan fingerprint density at radius 3 is 2.32 bits per heavy atom. The molecule has 2 fully saturated rings. The molecule has 0 aromatic heterocycles. The van der Waals surface area contributed by atoms with Crippen molar-refractivity contribution >= 4 is 12.1 Å². The molecule has 5 nitrogen and oxygen atoms in total. The fourth-order valence-corrected chi connectivity index (χ4v) is 5.87. The van der Waals surface area contributed by atoms with Gasteiger partial charge in [-0.3, -0.25) is 0 Å². The fourth-order valence-electron chi connectivity index (χ4n) is 5.87. The van der Waals surface area contributed by atoms with E-state index in [-0.39, 0.29) is 17.9 Å². The molecule has 0 spiro atoms. The summed E-state index contributed by atoms with van der Waals surface area (Å²) in [7, 11) is 0. The van der Waals surface area contributed by atoms with Crippen LogP contribution in [0.25, 0.3) is 11.4 Å². The van der Waals surface area contributed by atoms with Gasteiger partial charge in [-0.1, -0.05) is 6.42 Å². The van der Waals surface area contributed by atoms with E-state index in [2.05, 4.69) is 9.97 Å². The van der Waals surface area contributed by atoms with Crippen molar-refractivity contribution in [1.82, 2.24) is 19.0 Å². The van der Waals surface area contributed by atoms with E-state index in [9.17, 15) is 4.79 Å². The second kappa shape index (κ2) is 8.50. The van der Waals surface area contributed by atoms with Crippen LogP contribution in [0.15, 0.2) is 43.0 Å². The molecule has 162 valence electrons. The van der Waals surface area contributed by atoms with Crippen LogP contribution in [0.1, 0.15) is 63.4 Å². The number of quaternary nitrogens is 1. The summed E-state index contributed by atoms with van der Waals surface area (Å²) in [6, 6.07) is 7.95. The number of carbonyl (C=O) groups is 1. The number of imidazole rings is 1. The molecule has 0 N–H and O–H groups in total. The first-order chi connectivity index (χ1) is 15.2. The highest BCUT2D eigenvalue weighted by Gasteiger charge is 2.47. The summed E-state index contributed by atoms with van der Waals surface area (Å²) in [6.45, 7) is 0.420. The number of aromatic nitrogens is 3. The molecule has 2 aliphatic heterocycles. The predicted molar refractivity (Wildman–Crippen MR) is 119 cm³/mol. The molecule has 2 heterocycles. The number of amides is 1. The quantitative estimate of drug-likeness (QED) is 0.400. The van der Waals surface area contributed by atoms with Crippen LogP contribution in [0.4, 0.5) is 10.1 Å². The third-order valence-corrected chi connectivity index (χ3v) is 7.49. The molecule has 31 heavy (non-hydrogen) atoms. The summed E-state index contributed by atoms with van der Waals surface area (Å²) in [5.74, 6) is -0.239. The topological polar surface area (TPSA) is 47.8 Å². The second-order valence-electron chi connectivity index (χ2n) is 9.21. The van der Waals surface area contributed by atoms with Crippen molar-refractivity contribution in [2.24, 2.45) is 0 Å². The number of pyridine rings is 1.